The molecule has 348 valence electrons. The Hall–Kier alpha value is -7.66. The number of aromatic nitrogens is 2. The van der Waals surface area contributed by atoms with Crippen molar-refractivity contribution in [3.8, 4) is 11.5 Å². The predicted octanol–water partition coefficient (Wildman–Crippen LogP) is 8.63. The van der Waals surface area contributed by atoms with Crippen LogP contribution in [-0.4, -0.2) is 85.3 Å². The Morgan fingerprint density at radius 1 is 0.485 bits per heavy atom. The van der Waals surface area contributed by atoms with E-state index in [-0.39, 0.29) is 55.4 Å². The van der Waals surface area contributed by atoms with Gasteiger partial charge in [-0.1, -0.05) is 39.8 Å². The lowest BCUT2D eigenvalue weighted by atomic mass is 10.2. The van der Waals surface area contributed by atoms with E-state index in [0.717, 1.165) is 26.2 Å². The summed E-state index contributed by atoms with van der Waals surface area (Å²) in [5, 5.41) is 58.8. The highest BCUT2D eigenvalue weighted by Crippen LogP contribution is 2.28. The number of azo groups is 2. The van der Waals surface area contributed by atoms with Crippen molar-refractivity contribution in [2.75, 3.05) is 35.6 Å². The monoisotopic (exact) mass is 942 g/mol. The SMILES string of the molecule is CCNCC.CCNCC.O=C(O)c1cc(N=Nc2ccc(S(=O)(=O)Nc3ccccn3)cc2)ccc1O.O=C(O)c1cc(N=Nc2ccc(S(=O)(=O)Nc3ccccn3)cc2)ccc1O. The molecule has 2 heterocycles. The van der Waals surface area contributed by atoms with Gasteiger partial charge in [0.1, 0.15) is 34.3 Å². The van der Waals surface area contributed by atoms with Crippen molar-refractivity contribution >= 4 is 66.4 Å². The van der Waals surface area contributed by atoms with Crippen LogP contribution in [0.2, 0.25) is 0 Å². The first-order chi connectivity index (χ1) is 31.5. The molecule has 0 aliphatic rings. The van der Waals surface area contributed by atoms with Crippen molar-refractivity contribution in [1.29, 1.82) is 0 Å². The third kappa shape index (κ3) is 17.8. The van der Waals surface area contributed by atoms with E-state index < -0.39 is 32.0 Å². The van der Waals surface area contributed by atoms with Gasteiger partial charge in [-0.15, -0.1) is 0 Å². The van der Waals surface area contributed by atoms with Crippen molar-refractivity contribution in [1.82, 2.24) is 20.6 Å². The van der Waals surface area contributed by atoms with Gasteiger partial charge in [0.2, 0.25) is 0 Å². The molecule has 0 aliphatic heterocycles. The Bertz CT molecular complexity index is 2550. The van der Waals surface area contributed by atoms with Gasteiger partial charge >= 0.3 is 11.9 Å². The lowest BCUT2D eigenvalue weighted by Crippen LogP contribution is -2.13. The van der Waals surface area contributed by atoms with Gasteiger partial charge in [-0.05, 0) is 135 Å². The molecule has 0 bridgehead atoms. The van der Waals surface area contributed by atoms with Crippen molar-refractivity contribution in [3.63, 3.8) is 0 Å². The number of carbonyl (C=O) groups is 2. The zero-order valence-corrected chi connectivity index (χ0v) is 37.9. The number of hydrogen-bond acceptors (Lipinski definition) is 16. The van der Waals surface area contributed by atoms with Crippen LogP contribution in [-0.2, 0) is 20.0 Å². The smallest absolute Gasteiger partial charge is 0.339 e. The number of carboxylic acid groups (broad SMARTS) is 2. The van der Waals surface area contributed by atoms with E-state index in [1.54, 1.807) is 24.3 Å². The van der Waals surface area contributed by atoms with Gasteiger partial charge in [-0.3, -0.25) is 9.44 Å². The quantitative estimate of drug-likeness (QED) is 0.0421. The molecule has 0 spiro atoms. The summed E-state index contributed by atoms with van der Waals surface area (Å²) in [6, 6.07) is 28.6. The fourth-order valence-electron chi connectivity index (χ4n) is 4.87. The summed E-state index contributed by atoms with van der Waals surface area (Å²) in [4.78, 5) is 29.9. The first-order valence-electron chi connectivity index (χ1n) is 20.0. The molecule has 0 saturated heterocycles. The minimum atomic E-state index is -3.79. The molecule has 20 nitrogen and oxygen atoms in total. The summed E-state index contributed by atoms with van der Waals surface area (Å²) in [7, 11) is -7.59. The average Bonchev–Trinajstić information content (AvgIpc) is 3.30. The zero-order valence-electron chi connectivity index (χ0n) is 36.3. The maximum atomic E-state index is 12.3. The van der Waals surface area contributed by atoms with Crippen molar-refractivity contribution in [2.24, 2.45) is 20.5 Å². The first kappa shape index (κ1) is 52.7. The molecule has 4 aromatic carbocycles. The number of rotatable bonds is 16. The van der Waals surface area contributed by atoms with Gasteiger partial charge in [0, 0.05) is 12.4 Å². The van der Waals surface area contributed by atoms with E-state index in [4.69, 9.17) is 10.2 Å². The standard InChI is InChI=1S/2C18H14N4O5S.2C4H11N/c2*23-16-9-6-13(11-15(16)18(24)25)21-20-12-4-7-14(8-5-12)28(26,27)22-17-3-1-2-10-19-17;2*1-3-5-4-2/h2*1-11,23H,(H,19,22)(H,24,25);2*5H,3-4H2,1-2H3. The number of nitrogens with zero attached hydrogens (tertiary/aromatic N) is 6. The molecule has 8 N–H and O–H groups in total. The summed E-state index contributed by atoms with van der Waals surface area (Å²) < 4.78 is 54.1. The summed E-state index contributed by atoms with van der Waals surface area (Å²) in [5.41, 5.74) is 0.591. The fourth-order valence-corrected chi connectivity index (χ4v) is 6.89. The van der Waals surface area contributed by atoms with Gasteiger partial charge < -0.3 is 31.1 Å². The largest absolute Gasteiger partial charge is 0.507 e. The van der Waals surface area contributed by atoms with Crippen molar-refractivity contribution < 1.29 is 46.9 Å². The number of nitrogens with one attached hydrogen (secondary N) is 4. The summed E-state index contributed by atoms with van der Waals surface area (Å²) in [6.45, 7) is 12.8. The number of carboxylic acids is 2. The van der Waals surface area contributed by atoms with Crippen LogP contribution in [0.5, 0.6) is 11.5 Å². The molecule has 0 saturated carbocycles. The minimum Gasteiger partial charge on any atom is -0.507 e. The van der Waals surface area contributed by atoms with Gasteiger partial charge in [0.15, 0.2) is 0 Å². The Balaban J connectivity index is 0.000000291. The number of benzene rings is 4. The van der Waals surface area contributed by atoms with Crippen molar-refractivity contribution in [3.05, 3.63) is 145 Å². The van der Waals surface area contributed by atoms with Crippen LogP contribution in [0, 0.1) is 0 Å². The van der Waals surface area contributed by atoms with Crippen LogP contribution in [0.25, 0.3) is 0 Å². The Morgan fingerprint density at radius 2 is 0.803 bits per heavy atom. The average molecular weight is 943 g/mol. The second-order valence-corrected chi connectivity index (χ2v) is 16.3. The molecule has 6 rings (SSSR count). The number of hydrogen-bond donors (Lipinski definition) is 8. The molecular weight excluding hydrogens is 893 g/mol. The number of aromatic carboxylic acids is 2. The maximum Gasteiger partial charge on any atom is 0.339 e. The molecule has 66 heavy (non-hydrogen) atoms. The Morgan fingerprint density at radius 3 is 1.08 bits per heavy atom. The molecule has 0 atom stereocenters. The lowest BCUT2D eigenvalue weighted by molar-refractivity contribution is 0.0682. The van der Waals surface area contributed by atoms with E-state index in [1.165, 1.54) is 109 Å². The van der Waals surface area contributed by atoms with Crippen LogP contribution in [0.3, 0.4) is 0 Å². The third-order valence-corrected chi connectivity index (χ3v) is 10.8. The summed E-state index contributed by atoms with van der Waals surface area (Å²) in [5.74, 6) is -2.92. The first-order valence-corrected chi connectivity index (χ1v) is 22.9. The molecule has 0 radical (unpaired) electrons. The molecular formula is C44H50N10O10S2. The molecule has 2 aromatic heterocycles. The lowest BCUT2D eigenvalue weighted by Gasteiger charge is -2.07. The topological polar surface area (TPSA) is 307 Å². The van der Waals surface area contributed by atoms with Crippen LogP contribution >= 0.6 is 0 Å². The van der Waals surface area contributed by atoms with E-state index in [2.05, 4.69) is 78.2 Å². The molecule has 0 unspecified atom stereocenters. The zero-order chi connectivity index (χ0) is 48.5. The molecule has 0 aliphatic carbocycles. The highest BCUT2D eigenvalue weighted by molar-refractivity contribution is 7.93. The maximum absolute atomic E-state index is 12.3. The van der Waals surface area contributed by atoms with E-state index in [1.807, 2.05) is 0 Å². The van der Waals surface area contributed by atoms with E-state index >= 15 is 0 Å². The molecule has 0 amide bonds. The number of phenols is 2. The third-order valence-electron chi connectivity index (χ3n) is 8.08. The van der Waals surface area contributed by atoms with E-state index in [9.17, 15) is 36.6 Å². The van der Waals surface area contributed by atoms with E-state index in [0.29, 0.717) is 11.4 Å². The van der Waals surface area contributed by atoms with Crippen LogP contribution < -0.4 is 20.1 Å². The van der Waals surface area contributed by atoms with Gasteiger partial charge in [-0.2, -0.15) is 20.5 Å². The second-order valence-electron chi connectivity index (χ2n) is 13.0. The van der Waals surface area contributed by atoms with Crippen LogP contribution in [0.1, 0.15) is 48.4 Å². The van der Waals surface area contributed by atoms with Crippen molar-refractivity contribution in [2.45, 2.75) is 37.5 Å². The second kappa shape index (κ2) is 26.8. The number of anilines is 2. The summed E-state index contributed by atoms with van der Waals surface area (Å²) in [6.07, 6.45) is 2.95. The number of pyridine rings is 2. The highest BCUT2D eigenvalue weighted by atomic mass is 32.2. The van der Waals surface area contributed by atoms with Crippen LogP contribution in [0.4, 0.5) is 34.4 Å². The van der Waals surface area contributed by atoms with Crippen LogP contribution in [0.15, 0.2) is 164 Å². The number of sulfonamides is 2. The molecule has 0 fully saturated rings. The fraction of sp³-hybridized carbons (Fsp3) is 0.182. The number of aromatic hydroxyl groups is 2. The molecule has 6 aromatic rings. The van der Waals surface area contributed by atoms with Gasteiger partial charge in [0.25, 0.3) is 20.0 Å². The summed E-state index contributed by atoms with van der Waals surface area (Å²) >= 11 is 0. The Kier molecular flexibility index (Phi) is 21.4. The normalized spacial score (nSPS) is 11.0. The highest BCUT2D eigenvalue weighted by Gasteiger charge is 2.16. The predicted molar refractivity (Wildman–Crippen MR) is 250 cm³/mol. The van der Waals surface area contributed by atoms with Gasteiger partial charge in [-0.25, -0.2) is 36.4 Å². The molecule has 22 heteroatoms. The Labute approximate surface area is 382 Å². The van der Waals surface area contributed by atoms with Gasteiger partial charge in [0.05, 0.1) is 32.5 Å². The minimum absolute atomic E-state index is 0.0231.